The molecule has 7 heteroatoms. The van der Waals surface area contributed by atoms with Crippen LogP contribution < -0.4 is 10.1 Å². The lowest BCUT2D eigenvalue weighted by atomic mass is 10.1. The zero-order valence-electron chi connectivity index (χ0n) is 17.2. The zero-order valence-corrected chi connectivity index (χ0v) is 17.2. The normalized spacial score (nSPS) is 11.9. The molecule has 0 spiro atoms. The van der Waals surface area contributed by atoms with Crippen molar-refractivity contribution in [2.45, 2.75) is 19.4 Å². The number of rotatable bonds is 8. The van der Waals surface area contributed by atoms with Gasteiger partial charge in [-0.15, -0.1) is 15.0 Å². The van der Waals surface area contributed by atoms with Crippen LogP contribution in [-0.4, -0.2) is 39.2 Å². The van der Waals surface area contributed by atoms with Crippen LogP contribution in [0.4, 0.5) is 0 Å². The second kappa shape index (κ2) is 9.40. The summed E-state index contributed by atoms with van der Waals surface area (Å²) in [6.07, 6.45) is 0.503. The van der Waals surface area contributed by atoms with E-state index in [-0.39, 0.29) is 25.2 Å². The van der Waals surface area contributed by atoms with Gasteiger partial charge >= 0.3 is 0 Å². The van der Waals surface area contributed by atoms with Crippen molar-refractivity contribution in [3.63, 3.8) is 0 Å². The molecule has 158 valence electrons. The number of fused-ring (bicyclic) bond motifs is 1. The minimum Gasteiger partial charge on any atom is -0.481 e. The van der Waals surface area contributed by atoms with Crippen LogP contribution in [0.25, 0.3) is 16.7 Å². The number of nitrogens with zero attached hydrogens (tertiary/aromatic N) is 3. The Morgan fingerprint density at radius 2 is 1.71 bits per heavy atom. The van der Waals surface area contributed by atoms with Crippen LogP contribution >= 0.6 is 0 Å². The van der Waals surface area contributed by atoms with Gasteiger partial charge in [0.25, 0.3) is 5.91 Å². The van der Waals surface area contributed by atoms with Gasteiger partial charge in [0.15, 0.2) is 6.61 Å². The Labute approximate surface area is 180 Å². The van der Waals surface area contributed by atoms with Gasteiger partial charge in [0.2, 0.25) is 0 Å². The third-order valence-electron chi connectivity index (χ3n) is 4.96. The molecule has 0 unspecified atom stereocenters. The molecule has 0 radical (unpaired) electrons. The average Bonchev–Trinajstić information content (AvgIpc) is 3.23. The number of hydrogen-bond acceptors (Lipinski definition) is 5. The summed E-state index contributed by atoms with van der Waals surface area (Å²) in [6, 6.07) is 22.7. The van der Waals surface area contributed by atoms with Gasteiger partial charge in [-0.1, -0.05) is 48.5 Å². The van der Waals surface area contributed by atoms with E-state index in [1.54, 1.807) is 6.07 Å². The molecule has 0 aliphatic rings. The Hall–Kier alpha value is -3.71. The molecule has 0 aliphatic carbocycles. The molecule has 7 nitrogen and oxygen atoms in total. The number of aliphatic hydroxyl groups is 1. The number of benzene rings is 3. The van der Waals surface area contributed by atoms with Crippen LogP contribution in [0.5, 0.6) is 5.75 Å². The Morgan fingerprint density at radius 3 is 2.39 bits per heavy atom. The van der Waals surface area contributed by atoms with Gasteiger partial charge in [0.05, 0.1) is 6.04 Å². The van der Waals surface area contributed by atoms with Crippen LogP contribution in [0, 0.1) is 0 Å². The van der Waals surface area contributed by atoms with E-state index in [4.69, 9.17) is 4.74 Å². The average molecular weight is 416 g/mol. The first kappa shape index (κ1) is 20.6. The second-order valence-corrected chi connectivity index (χ2v) is 7.24. The van der Waals surface area contributed by atoms with Gasteiger partial charge in [-0.05, 0) is 48.7 Å². The Balaban J connectivity index is 1.53. The highest BCUT2D eigenvalue weighted by Crippen LogP contribution is 2.25. The highest BCUT2D eigenvalue weighted by molar-refractivity contribution is 5.78. The van der Waals surface area contributed by atoms with Gasteiger partial charge in [-0.25, -0.2) is 0 Å². The smallest absolute Gasteiger partial charge is 0.258 e. The number of carbonyl (C=O) groups excluding carboxylic acids is 1. The first-order chi connectivity index (χ1) is 15.1. The SMILES string of the molecule is C[C@@H](NC(=O)COc1ccc(CCO)cc1-n1nc2ccccc2n1)c1ccccc1. The molecule has 0 saturated heterocycles. The summed E-state index contributed by atoms with van der Waals surface area (Å²) in [5.74, 6) is 0.268. The standard InChI is InChI=1S/C24H24N4O3/c1-17(19-7-3-2-4-8-19)25-24(30)16-31-23-12-11-18(13-14-29)15-22(23)28-26-20-9-5-6-10-21(20)27-28/h2-12,15,17,29H,13-14,16H2,1H3,(H,25,30)/t17-/m1/s1. The third-order valence-corrected chi connectivity index (χ3v) is 4.96. The minimum absolute atomic E-state index is 0.0357. The molecule has 1 heterocycles. The van der Waals surface area contributed by atoms with Gasteiger partial charge < -0.3 is 15.2 Å². The molecule has 4 rings (SSSR count). The maximum Gasteiger partial charge on any atom is 0.258 e. The number of aliphatic hydroxyl groups excluding tert-OH is 1. The van der Waals surface area contributed by atoms with Crippen LogP contribution in [0.1, 0.15) is 24.1 Å². The largest absolute Gasteiger partial charge is 0.481 e. The molecular formula is C24H24N4O3. The van der Waals surface area contributed by atoms with E-state index < -0.39 is 0 Å². The first-order valence-corrected chi connectivity index (χ1v) is 10.2. The molecule has 0 aliphatic heterocycles. The summed E-state index contributed by atoms with van der Waals surface area (Å²) >= 11 is 0. The van der Waals surface area contributed by atoms with E-state index in [1.807, 2.05) is 73.7 Å². The maximum atomic E-state index is 12.5. The second-order valence-electron chi connectivity index (χ2n) is 7.24. The van der Waals surface area contributed by atoms with Crippen LogP contribution in [0.3, 0.4) is 0 Å². The van der Waals surface area contributed by atoms with Crippen molar-refractivity contribution in [2.75, 3.05) is 13.2 Å². The Kier molecular flexibility index (Phi) is 6.24. The number of nitrogens with one attached hydrogen (secondary N) is 1. The summed E-state index contributed by atoms with van der Waals surface area (Å²) in [4.78, 5) is 14.0. The van der Waals surface area contributed by atoms with Crippen molar-refractivity contribution in [1.29, 1.82) is 0 Å². The van der Waals surface area contributed by atoms with Crippen molar-refractivity contribution in [1.82, 2.24) is 20.3 Å². The molecule has 1 aromatic heterocycles. The Bertz CT molecular complexity index is 1140. The molecule has 1 amide bonds. The molecule has 4 aromatic rings. The predicted molar refractivity (Wildman–Crippen MR) is 118 cm³/mol. The first-order valence-electron chi connectivity index (χ1n) is 10.2. The number of carbonyl (C=O) groups is 1. The molecule has 0 bridgehead atoms. The van der Waals surface area contributed by atoms with E-state index in [2.05, 4.69) is 15.5 Å². The third kappa shape index (κ3) is 4.90. The number of hydrogen-bond donors (Lipinski definition) is 2. The van der Waals surface area contributed by atoms with Crippen molar-refractivity contribution >= 4 is 16.9 Å². The van der Waals surface area contributed by atoms with Gasteiger partial charge in [-0.2, -0.15) is 0 Å². The lowest BCUT2D eigenvalue weighted by molar-refractivity contribution is -0.123. The molecule has 31 heavy (non-hydrogen) atoms. The van der Waals surface area contributed by atoms with Gasteiger partial charge in [0, 0.05) is 6.61 Å². The van der Waals surface area contributed by atoms with Crippen LogP contribution in [0.15, 0.2) is 72.8 Å². The van der Waals surface area contributed by atoms with Gasteiger partial charge in [-0.3, -0.25) is 4.79 Å². The summed E-state index contributed by atoms with van der Waals surface area (Å²) < 4.78 is 5.84. The lowest BCUT2D eigenvalue weighted by Gasteiger charge is -2.16. The predicted octanol–water partition coefficient (Wildman–Crippen LogP) is 3.21. The van der Waals surface area contributed by atoms with Crippen LogP contribution in [0.2, 0.25) is 0 Å². The minimum atomic E-state index is -0.222. The summed E-state index contributed by atoms with van der Waals surface area (Å²) in [5.41, 5.74) is 4.09. The van der Waals surface area contributed by atoms with Gasteiger partial charge in [0.1, 0.15) is 22.5 Å². The fraction of sp³-hybridized carbons (Fsp3) is 0.208. The monoisotopic (exact) mass is 416 g/mol. The molecule has 0 saturated carbocycles. The van der Waals surface area contributed by atoms with Crippen molar-refractivity contribution < 1.29 is 14.6 Å². The number of ether oxygens (including phenoxy) is 1. The lowest BCUT2D eigenvalue weighted by Crippen LogP contribution is -2.31. The number of amides is 1. The molecule has 2 N–H and O–H groups in total. The topological polar surface area (TPSA) is 89.3 Å². The highest BCUT2D eigenvalue weighted by atomic mass is 16.5. The molecule has 0 fully saturated rings. The van der Waals surface area contributed by atoms with E-state index in [0.717, 1.165) is 22.2 Å². The molecule has 3 aromatic carbocycles. The van der Waals surface area contributed by atoms with E-state index >= 15 is 0 Å². The number of aromatic nitrogens is 3. The van der Waals surface area contributed by atoms with Crippen molar-refractivity contribution in [2.24, 2.45) is 0 Å². The van der Waals surface area contributed by atoms with E-state index in [9.17, 15) is 9.90 Å². The fourth-order valence-electron chi connectivity index (χ4n) is 3.34. The van der Waals surface area contributed by atoms with Crippen molar-refractivity contribution in [3.8, 4) is 11.4 Å². The fourth-order valence-corrected chi connectivity index (χ4v) is 3.34. The highest BCUT2D eigenvalue weighted by Gasteiger charge is 2.14. The Morgan fingerprint density at radius 1 is 1.03 bits per heavy atom. The zero-order chi connectivity index (χ0) is 21.6. The van der Waals surface area contributed by atoms with E-state index in [0.29, 0.717) is 17.9 Å². The molecule has 1 atom stereocenters. The summed E-state index contributed by atoms with van der Waals surface area (Å²) in [7, 11) is 0. The van der Waals surface area contributed by atoms with E-state index in [1.165, 1.54) is 4.80 Å². The maximum absolute atomic E-state index is 12.5. The van der Waals surface area contributed by atoms with Crippen LogP contribution in [-0.2, 0) is 11.2 Å². The van der Waals surface area contributed by atoms with Crippen molar-refractivity contribution in [3.05, 3.63) is 83.9 Å². The summed E-state index contributed by atoms with van der Waals surface area (Å²) in [6.45, 7) is 1.83. The molecular weight excluding hydrogens is 392 g/mol. The summed E-state index contributed by atoms with van der Waals surface area (Å²) in [5, 5.41) is 21.3. The quantitative estimate of drug-likeness (QED) is 0.460.